The maximum atomic E-state index is 13.1. The van der Waals surface area contributed by atoms with Crippen molar-refractivity contribution in [2.75, 3.05) is 6.61 Å². The fraction of sp³-hybridized carbons (Fsp3) is 0.250. The number of hydrogen-bond acceptors (Lipinski definition) is 5. The Hall–Kier alpha value is -4.59. The number of nitrogens with zero attached hydrogens (tertiary/aromatic N) is 1. The third kappa shape index (κ3) is 7.18. The average Bonchev–Trinajstić information content (AvgIpc) is 3.29. The number of fused-ring (bicyclic) bond motifs is 1. The third-order valence-corrected chi connectivity index (χ3v) is 8.34. The minimum atomic E-state index is -4.21. The first-order valence-corrected chi connectivity index (χ1v) is 14.8. The number of nitrogens with one attached hydrogen (secondary N) is 1. The molecule has 3 aromatic carbocycles. The summed E-state index contributed by atoms with van der Waals surface area (Å²) in [6.07, 6.45) is 1.55. The first-order valence-electron chi connectivity index (χ1n) is 13.3. The van der Waals surface area contributed by atoms with Gasteiger partial charge in [0.1, 0.15) is 18.4 Å². The van der Waals surface area contributed by atoms with Crippen molar-refractivity contribution in [3.8, 4) is 17.6 Å². The molecule has 0 aliphatic carbocycles. The highest BCUT2D eigenvalue weighted by Gasteiger charge is 2.27. The van der Waals surface area contributed by atoms with Crippen molar-refractivity contribution in [1.82, 2.24) is 9.29 Å². The minimum absolute atomic E-state index is 0.0440. The summed E-state index contributed by atoms with van der Waals surface area (Å²) in [6.45, 7) is 6.52. The van der Waals surface area contributed by atoms with Gasteiger partial charge >= 0.3 is 11.9 Å². The number of carbonyl (C=O) groups is 2. The molecule has 218 valence electrons. The highest BCUT2D eigenvalue weighted by Crippen LogP contribution is 2.27. The van der Waals surface area contributed by atoms with Gasteiger partial charge in [0.05, 0.1) is 10.5 Å². The smallest absolute Gasteiger partial charge is 0.335 e. The molecule has 0 spiro atoms. The van der Waals surface area contributed by atoms with Crippen molar-refractivity contribution in [3.05, 3.63) is 95.2 Å². The number of ether oxygens (including phenoxy) is 1. The van der Waals surface area contributed by atoms with Gasteiger partial charge in [-0.2, -0.15) is 4.72 Å². The van der Waals surface area contributed by atoms with Gasteiger partial charge in [-0.25, -0.2) is 13.2 Å². The van der Waals surface area contributed by atoms with E-state index >= 15 is 0 Å². The number of carboxylic acid groups (broad SMARTS) is 2. The molecule has 3 N–H and O–H groups in total. The minimum Gasteiger partial charge on any atom is -0.481 e. The average molecular weight is 589 g/mol. The van der Waals surface area contributed by atoms with Crippen LogP contribution < -0.4 is 9.46 Å². The number of rotatable bonds is 12. The van der Waals surface area contributed by atoms with Gasteiger partial charge in [0.25, 0.3) is 0 Å². The third-order valence-electron chi connectivity index (χ3n) is 6.85. The van der Waals surface area contributed by atoms with Crippen LogP contribution in [0, 0.1) is 11.8 Å². The lowest BCUT2D eigenvalue weighted by molar-refractivity contribution is -0.138. The molecule has 9 nitrogen and oxygen atoms in total. The zero-order chi connectivity index (χ0) is 30.4. The molecule has 0 aliphatic rings. The lowest BCUT2D eigenvalue weighted by Crippen LogP contribution is -2.42. The molecule has 0 bridgehead atoms. The van der Waals surface area contributed by atoms with Gasteiger partial charge < -0.3 is 19.5 Å². The SMILES string of the molecule is CC#CCOc1ccc(S(=O)(=O)NC(Cc2cn(Cc3ccc(C(C)C)cc3)c3ccc(C(=O)O)cc23)C(=O)O)cc1. The molecule has 0 fully saturated rings. The van der Waals surface area contributed by atoms with Gasteiger partial charge in [0.2, 0.25) is 10.0 Å². The number of aromatic nitrogens is 1. The van der Waals surface area contributed by atoms with Crippen LogP contribution in [0.3, 0.4) is 0 Å². The summed E-state index contributed by atoms with van der Waals surface area (Å²) >= 11 is 0. The lowest BCUT2D eigenvalue weighted by atomic mass is 10.0. The van der Waals surface area contributed by atoms with E-state index in [4.69, 9.17) is 4.74 Å². The number of aliphatic carboxylic acids is 1. The first-order chi connectivity index (χ1) is 20.0. The van der Waals surface area contributed by atoms with E-state index in [0.29, 0.717) is 34.7 Å². The molecule has 4 rings (SSSR count). The van der Waals surface area contributed by atoms with Crippen molar-refractivity contribution in [2.24, 2.45) is 0 Å². The van der Waals surface area contributed by atoms with Crippen LogP contribution in [-0.4, -0.2) is 47.8 Å². The maximum absolute atomic E-state index is 13.1. The van der Waals surface area contributed by atoms with E-state index < -0.39 is 28.0 Å². The number of sulfonamides is 1. The molecule has 1 atom stereocenters. The molecule has 10 heteroatoms. The fourth-order valence-electron chi connectivity index (χ4n) is 4.56. The molecule has 0 aliphatic heterocycles. The van der Waals surface area contributed by atoms with Crippen LogP contribution in [-0.2, 0) is 27.8 Å². The van der Waals surface area contributed by atoms with E-state index in [1.165, 1.54) is 42.0 Å². The molecule has 1 aromatic heterocycles. The van der Waals surface area contributed by atoms with Gasteiger partial charge in [-0.05, 0) is 72.0 Å². The van der Waals surface area contributed by atoms with Crippen LogP contribution in [0.1, 0.15) is 53.7 Å². The van der Waals surface area contributed by atoms with Crippen molar-refractivity contribution in [2.45, 2.75) is 50.6 Å². The second-order valence-corrected chi connectivity index (χ2v) is 11.8. The Labute approximate surface area is 244 Å². The van der Waals surface area contributed by atoms with Crippen molar-refractivity contribution in [3.63, 3.8) is 0 Å². The van der Waals surface area contributed by atoms with E-state index in [1.807, 2.05) is 16.7 Å². The zero-order valence-corrected chi connectivity index (χ0v) is 24.3. The van der Waals surface area contributed by atoms with Crippen LogP contribution in [0.4, 0.5) is 0 Å². The quantitative estimate of drug-likeness (QED) is 0.201. The van der Waals surface area contributed by atoms with Crippen LogP contribution in [0.5, 0.6) is 5.75 Å². The van der Waals surface area contributed by atoms with E-state index in [1.54, 1.807) is 19.2 Å². The summed E-state index contributed by atoms with van der Waals surface area (Å²) in [6, 6.07) is 16.9. The van der Waals surface area contributed by atoms with Gasteiger partial charge in [-0.1, -0.05) is 44.0 Å². The summed E-state index contributed by atoms with van der Waals surface area (Å²) in [5.74, 6) is 3.77. The predicted octanol–water partition coefficient (Wildman–Crippen LogP) is 4.89. The van der Waals surface area contributed by atoms with Gasteiger partial charge in [0.15, 0.2) is 0 Å². The topological polar surface area (TPSA) is 135 Å². The Bertz CT molecular complexity index is 1760. The van der Waals surface area contributed by atoms with Gasteiger partial charge in [-0.3, -0.25) is 4.79 Å². The van der Waals surface area contributed by atoms with Crippen LogP contribution >= 0.6 is 0 Å². The summed E-state index contributed by atoms with van der Waals surface area (Å²) < 4.78 is 35.9. The molecule has 0 saturated carbocycles. The maximum Gasteiger partial charge on any atom is 0.335 e. The number of hydrogen-bond donors (Lipinski definition) is 3. The Balaban J connectivity index is 1.63. The van der Waals surface area contributed by atoms with Crippen molar-refractivity contribution >= 4 is 32.9 Å². The highest BCUT2D eigenvalue weighted by molar-refractivity contribution is 7.89. The molecule has 1 unspecified atom stereocenters. The Kier molecular flexibility index (Phi) is 9.35. The Morgan fingerprint density at radius 3 is 2.29 bits per heavy atom. The van der Waals surface area contributed by atoms with E-state index in [9.17, 15) is 28.2 Å². The van der Waals surface area contributed by atoms with Crippen LogP contribution in [0.15, 0.2) is 77.8 Å². The molecule has 0 amide bonds. The van der Waals surface area contributed by atoms with E-state index in [2.05, 4.69) is 42.5 Å². The lowest BCUT2D eigenvalue weighted by Gasteiger charge is -2.15. The zero-order valence-electron chi connectivity index (χ0n) is 23.5. The number of carboxylic acids is 2. The number of aromatic carboxylic acids is 1. The second-order valence-electron chi connectivity index (χ2n) is 10.1. The Morgan fingerprint density at radius 2 is 1.69 bits per heavy atom. The number of benzene rings is 3. The second kappa shape index (κ2) is 12.9. The summed E-state index contributed by atoms with van der Waals surface area (Å²) in [4.78, 5) is 23.8. The van der Waals surface area contributed by atoms with Crippen LogP contribution in [0.25, 0.3) is 10.9 Å². The van der Waals surface area contributed by atoms with Crippen molar-refractivity contribution < 1.29 is 33.0 Å². The standard InChI is InChI=1S/C32H32N2O7S/c1-4-5-16-41-26-11-13-27(14-12-26)42(39,40)33-29(32(37)38)18-25-20-34(19-22-6-8-23(9-7-22)21(2)3)30-15-10-24(31(35)36)17-28(25)30/h6-15,17,20-21,29,33H,16,18-19H2,1-3H3,(H,35,36)(H,37,38). The molecule has 0 saturated heterocycles. The van der Waals surface area contributed by atoms with Crippen LogP contribution in [0.2, 0.25) is 0 Å². The largest absolute Gasteiger partial charge is 0.481 e. The fourth-order valence-corrected chi connectivity index (χ4v) is 5.75. The molecule has 4 aromatic rings. The molecule has 1 heterocycles. The summed E-state index contributed by atoms with van der Waals surface area (Å²) in [5.41, 5.74) is 3.46. The summed E-state index contributed by atoms with van der Waals surface area (Å²) in [5, 5.41) is 20.1. The highest BCUT2D eigenvalue weighted by atomic mass is 32.2. The normalized spacial score (nSPS) is 12.1. The van der Waals surface area contributed by atoms with E-state index in [0.717, 1.165) is 5.56 Å². The molecule has 42 heavy (non-hydrogen) atoms. The van der Waals surface area contributed by atoms with Gasteiger partial charge in [-0.15, -0.1) is 5.92 Å². The molecular formula is C32H32N2O7S. The Morgan fingerprint density at radius 1 is 1.00 bits per heavy atom. The van der Waals surface area contributed by atoms with Gasteiger partial charge in [0, 0.05) is 30.1 Å². The predicted molar refractivity (Wildman–Crippen MR) is 159 cm³/mol. The van der Waals surface area contributed by atoms with Crippen molar-refractivity contribution in [1.29, 1.82) is 0 Å². The first kappa shape index (κ1) is 30.4. The molecule has 0 radical (unpaired) electrons. The monoisotopic (exact) mass is 588 g/mol. The molecular weight excluding hydrogens is 556 g/mol. The van der Waals surface area contributed by atoms with E-state index in [-0.39, 0.29) is 23.5 Å². The summed E-state index contributed by atoms with van der Waals surface area (Å²) in [7, 11) is -4.21.